The highest BCUT2D eigenvalue weighted by Crippen LogP contribution is 2.50. The van der Waals surface area contributed by atoms with Crippen molar-refractivity contribution in [1.29, 1.82) is 0 Å². The maximum atomic E-state index is 6.72. The van der Waals surface area contributed by atoms with Gasteiger partial charge in [-0.1, -0.05) is 19.3 Å². The molecule has 2 aliphatic carbocycles. The molecule has 0 atom stereocenters. The molecule has 1 aromatic carbocycles. The summed E-state index contributed by atoms with van der Waals surface area (Å²) in [5, 5.41) is 0. The third-order valence-corrected chi connectivity index (χ3v) is 5.60. The number of hydrogen-bond donors (Lipinski definition) is 1. The lowest BCUT2D eigenvalue weighted by molar-refractivity contribution is 0.197. The van der Waals surface area contributed by atoms with E-state index in [2.05, 4.69) is 19.1 Å². The van der Waals surface area contributed by atoms with Crippen molar-refractivity contribution in [2.75, 3.05) is 13.2 Å². The Morgan fingerprint density at radius 1 is 0.905 bits per heavy atom. The standard InChI is InChI=1S/C18H25NO2/c1-13-9-15-16(21-12-17(7-8-17)11-20-15)10-14(13)18(19)5-3-2-4-6-18/h9-10H,2-8,11-12,19H2,1H3. The monoisotopic (exact) mass is 287 g/mol. The van der Waals surface area contributed by atoms with Crippen LogP contribution in [0.5, 0.6) is 11.5 Å². The van der Waals surface area contributed by atoms with Gasteiger partial charge in [0.05, 0.1) is 13.2 Å². The third kappa shape index (κ3) is 2.32. The average Bonchev–Trinajstić information content (AvgIpc) is 3.27. The Bertz CT molecular complexity index is 557. The van der Waals surface area contributed by atoms with Crippen LogP contribution in [-0.2, 0) is 5.54 Å². The molecule has 2 fully saturated rings. The molecule has 0 saturated heterocycles. The summed E-state index contributed by atoms with van der Waals surface area (Å²) in [6.07, 6.45) is 8.39. The molecule has 3 heteroatoms. The quantitative estimate of drug-likeness (QED) is 0.857. The lowest BCUT2D eigenvalue weighted by atomic mass is 9.76. The van der Waals surface area contributed by atoms with Gasteiger partial charge in [0.25, 0.3) is 0 Å². The van der Waals surface area contributed by atoms with E-state index in [1.807, 2.05) is 0 Å². The van der Waals surface area contributed by atoms with Gasteiger partial charge in [-0.3, -0.25) is 0 Å². The first-order valence-corrected chi connectivity index (χ1v) is 8.30. The molecule has 21 heavy (non-hydrogen) atoms. The van der Waals surface area contributed by atoms with Crippen LogP contribution >= 0.6 is 0 Å². The SMILES string of the molecule is Cc1cc2c(cc1C1(N)CCCCC1)OCC1(CC1)CO2. The van der Waals surface area contributed by atoms with Crippen LogP contribution in [0.2, 0.25) is 0 Å². The van der Waals surface area contributed by atoms with Crippen molar-refractivity contribution >= 4 is 0 Å². The van der Waals surface area contributed by atoms with Gasteiger partial charge in [-0.2, -0.15) is 0 Å². The van der Waals surface area contributed by atoms with E-state index in [0.29, 0.717) is 5.41 Å². The molecule has 2 saturated carbocycles. The molecule has 0 aromatic heterocycles. The Hall–Kier alpha value is -1.22. The molecule has 4 rings (SSSR count). The fraction of sp³-hybridized carbons (Fsp3) is 0.667. The Morgan fingerprint density at radius 2 is 1.52 bits per heavy atom. The van der Waals surface area contributed by atoms with Gasteiger partial charge < -0.3 is 15.2 Å². The van der Waals surface area contributed by atoms with Gasteiger partial charge in [0, 0.05) is 11.0 Å². The second-order valence-corrected chi connectivity index (χ2v) is 7.41. The molecule has 1 aromatic rings. The normalized spacial score (nSPS) is 25.4. The van der Waals surface area contributed by atoms with Crippen molar-refractivity contribution in [3.8, 4) is 11.5 Å². The summed E-state index contributed by atoms with van der Waals surface area (Å²) >= 11 is 0. The lowest BCUT2D eigenvalue weighted by Gasteiger charge is -2.35. The Kier molecular flexibility index (Phi) is 2.97. The first kappa shape index (κ1) is 13.4. The van der Waals surface area contributed by atoms with Crippen LogP contribution in [0.15, 0.2) is 12.1 Å². The molecule has 0 bridgehead atoms. The zero-order valence-corrected chi connectivity index (χ0v) is 12.9. The predicted octanol–water partition coefficient (Wildman–Crippen LogP) is 3.66. The summed E-state index contributed by atoms with van der Waals surface area (Å²) in [5.41, 5.74) is 9.34. The molecule has 2 N–H and O–H groups in total. The number of aryl methyl sites for hydroxylation is 1. The highest BCUT2D eigenvalue weighted by Gasteiger charge is 2.46. The van der Waals surface area contributed by atoms with Gasteiger partial charge in [-0.05, 0) is 55.9 Å². The predicted molar refractivity (Wildman–Crippen MR) is 82.8 cm³/mol. The van der Waals surface area contributed by atoms with Crippen LogP contribution in [0.25, 0.3) is 0 Å². The van der Waals surface area contributed by atoms with Gasteiger partial charge in [0.2, 0.25) is 0 Å². The molecule has 0 radical (unpaired) electrons. The van der Waals surface area contributed by atoms with Crippen LogP contribution in [-0.4, -0.2) is 13.2 Å². The largest absolute Gasteiger partial charge is 0.489 e. The van der Waals surface area contributed by atoms with Crippen molar-refractivity contribution in [2.24, 2.45) is 11.1 Å². The summed E-state index contributed by atoms with van der Waals surface area (Å²) in [4.78, 5) is 0. The van der Waals surface area contributed by atoms with Crippen LogP contribution in [0, 0.1) is 12.3 Å². The van der Waals surface area contributed by atoms with Crippen molar-refractivity contribution < 1.29 is 9.47 Å². The summed E-state index contributed by atoms with van der Waals surface area (Å²) in [6, 6.07) is 4.30. The second kappa shape index (κ2) is 4.64. The summed E-state index contributed by atoms with van der Waals surface area (Å²) in [7, 11) is 0. The summed E-state index contributed by atoms with van der Waals surface area (Å²) in [5.74, 6) is 1.80. The van der Waals surface area contributed by atoms with Crippen molar-refractivity contribution in [2.45, 2.75) is 57.4 Å². The van der Waals surface area contributed by atoms with Crippen molar-refractivity contribution in [3.05, 3.63) is 23.3 Å². The number of rotatable bonds is 1. The van der Waals surface area contributed by atoms with Crippen LogP contribution in [0.4, 0.5) is 0 Å². The van der Waals surface area contributed by atoms with E-state index in [0.717, 1.165) is 37.6 Å². The first-order valence-electron chi connectivity index (χ1n) is 8.30. The highest BCUT2D eigenvalue weighted by molar-refractivity contribution is 5.50. The van der Waals surface area contributed by atoms with Crippen LogP contribution in [0.1, 0.15) is 56.1 Å². The summed E-state index contributed by atoms with van der Waals surface area (Å²) < 4.78 is 12.1. The highest BCUT2D eigenvalue weighted by atomic mass is 16.5. The number of hydrogen-bond acceptors (Lipinski definition) is 3. The first-order chi connectivity index (χ1) is 10.1. The smallest absolute Gasteiger partial charge is 0.161 e. The van der Waals surface area contributed by atoms with Crippen molar-refractivity contribution in [3.63, 3.8) is 0 Å². The van der Waals surface area contributed by atoms with Gasteiger partial charge in [0.1, 0.15) is 0 Å². The molecule has 0 unspecified atom stereocenters. The molecule has 1 spiro atoms. The van der Waals surface area contributed by atoms with E-state index in [1.54, 1.807) is 0 Å². The zero-order chi connectivity index (χ0) is 14.5. The fourth-order valence-electron chi connectivity index (χ4n) is 3.84. The number of benzene rings is 1. The number of nitrogens with two attached hydrogens (primary N) is 1. The number of fused-ring (bicyclic) bond motifs is 1. The van der Waals surface area contributed by atoms with E-state index in [4.69, 9.17) is 15.2 Å². The molecule has 114 valence electrons. The maximum absolute atomic E-state index is 6.72. The van der Waals surface area contributed by atoms with Crippen molar-refractivity contribution in [1.82, 2.24) is 0 Å². The minimum Gasteiger partial charge on any atom is -0.489 e. The third-order valence-electron chi connectivity index (χ3n) is 5.60. The Balaban J connectivity index is 1.68. The molecule has 1 aliphatic heterocycles. The lowest BCUT2D eigenvalue weighted by Crippen LogP contribution is -2.39. The average molecular weight is 287 g/mol. The second-order valence-electron chi connectivity index (χ2n) is 7.41. The maximum Gasteiger partial charge on any atom is 0.161 e. The summed E-state index contributed by atoms with van der Waals surface area (Å²) in [6.45, 7) is 3.74. The topological polar surface area (TPSA) is 44.5 Å². The van der Waals surface area contributed by atoms with Gasteiger partial charge in [-0.15, -0.1) is 0 Å². The van der Waals surface area contributed by atoms with Gasteiger partial charge >= 0.3 is 0 Å². The molecular formula is C18H25NO2. The minimum absolute atomic E-state index is 0.176. The van der Waals surface area contributed by atoms with E-state index >= 15 is 0 Å². The fourth-order valence-corrected chi connectivity index (χ4v) is 3.84. The Labute approximate surface area is 126 Å². The van der Waals surface area contributed by atoms with E-state index < -0.39 is 0 Å². The minimum atomic E-state index is -0.176. The van der Waals surface area contributed by atoms with Crippen LogP contribution < -0.4 is 15.2 Å². The van der Waals surface area contributed by atoms with E-state index in [-0.39, 0.29) is 5.54 Å². The van der Waals surface area contributed by atoms with Gasteiger partial charge in [-0.25, -0.2) is 0 Å². The zero-order valence-electron chi connectivity index (χ0n) is 12.9. The molecule has 0 amide bonds. The molecular weight excluding hydrogens is 262 g/mol. The molecule has 3 aliphatic rings. The van der Waals surface area contributed by atoms with Crippen LogP contribution in [0.3, 0.4) is 0 Å². The van der Waals surface area contributed by atoms with Gasteiger partial charge in [0.15, 0.2) is 11.5 Å². The van der Waals surface area contributed by atoms with E-state index in [9.17, 15) is 0 Å². The molecule has 3 nitrogen and oxygen atoms in total. The molecule has 1 heterocycles. The van der Waals surface area contributed by atoms with E-state index in [1.165, 1.54) is 43.2 Å². The number of ether oxygens (including phenoxy) is 2. The Morgan fingerprint density at radius 3 is 2.14 bits per heavy atom.